The number of nitrogens with one attached hydrogen (secondary N) is 1. The van der Waals surface area contributed by atoms with Crippen LogP contribution in [-0.4, -0.2) is 53.0 Å². The Bertz CT molecular complexity index is 1280. The van der Waals surface area contributed by atoms with Crippen molar-refractivity contribution in [1.82, 2.24) is 9.88 Å². The normalized spacial score (nSPS) is 28.6. The lowest BCUT2D eigenvalue weighted by molar-refractivity contribution is -0.199. The minimum absolute atomic E-state index is 0.0495. The van der Waals surface area contributed by atoms with Gasteiger partial charge in [-0.1, -0.05) is 45.9 Å². The van der Waals surface area contributed by atoms with Crippen molar-refractivity contribution in [1.29, 1.82) is 0 Å². The first kappa shape index (κ1) is 29.1. The number of carbonyl (C=O) groups excluding carboxylic acids is 2. The van der Waals surface area contributed by atoms with E-state index in [-0.39, 0.29) is 35.4 Å². The van der Waals surface area contributed by atoms with Crippen LogP contribution in [0.2, 0.25) is 0 Å². The third kappa shape index (κ3) is 5.21. The molecule has 0 unspecified atom stereocenters. The van der Waals surface area contributed by atoms with E-state index < -0.39 is 24.9 Å². The molecule has 3 aliphatic carbocycles. The fourth-order valence-corrected chi connectivity index (χ4v) is 7.31. The molecule has 4 fully saturated rings. The van der Waals surface area contributed by atoms with E-state index in [1.807, 2.05) is 45.0 Å². The highest BCUT2D eigenvalue weighted by Gasteiger charge is 2.68. The van der Waals surface area contributed by atoms with Gasteiger partial charge < -0.3 is 25.1 Å². The number of ether oxygens (including phenoxy) is 1. The Kier molecular flexibility index (Phi) is 7.41. The van der Waals surface area contributed by atoms with Crippen molar-refractivity contribution in [3.05, 3.63) is 36.0 Å². The average Bonchev–Trinajstić information content (AvgIpc) is 3.39. The Morgan fingerprint density at radius 2 is 1.90 bits per heavy atom. The zero-order valence-corrected chi connectivity index (χ0v) is 25.3. The molecule has 1 aromatic carbocycles. The van der Waals surface area contributed by atoms with E-state index in [9.17, 15) is 9.59 Å². The van der Waals surface area contributed by atoms with Crippen molar-refractivity contribution in [2.45, 2.75) is 110 Å². The van der Waals surface area contributed by atoms with E-state index in [0.29, 0.717) is 17.8 Å². The van der Waals surface area contributed by atoms with Gasteiger partial charge in [-0.25, -0.2) is 4.79 Å². The minimum Gasteiger partial charge on any atom is -0.443 e. The van der Waals surface area contributed by atoms with Gasteiger partial charge >= 0.3 is 13.2 Å². The SMILES string of the molecule is CC(C)C[C@H](NC(=O)[C@@H](N)Cc1cn(C(=O)OC(C)(C)C)c2ccccc12)B1O[C@@H]2C[C@@H]3C[C@@H](C3(C)C)[C@]2(C)O1. The van der Waals surface area contributed by atoms with E-state index in [1.165, 1.54) is 11.0 Å². The summed E-state index contributed by atoms with van der Waals surface area (Å²) in [6.07, 6.45) is 4.51. The molecule has 218 valence electrons. The number of aromatic nitrogens is 1. The molecule has 6 atom stereocenters. The Morgan fingerprint density at radius 3 is 2.55 bits per heavy atom. The lowest BCUT2D eigenvalue weighted by Gasteiger charge is -2.64. The quantitative estimate of drug-likeness (QED) is 0.465. The molecule has 8 nitrogen and oxygen atoms in total. The van der Waals surface area contributed by atoms with Crippen LogP contribution in [0.3, 0.4) is 0 Å². The number of hydrogen-bond acceptors (Lipinski definition) is 6. The predicted molar refractivity (Wildman–Crippen MR) is 157 cm³/mol. The second-order valence-corrected chi connectivity index (χ2v) is 14.4. The Hall–Kier alpha value is -2.36. The largest absolute Gasteiger partial charge is 0.481 e. The Balaban J connectivity index is 1.30. The second kappa shape index (κ2) is 10.2. The van der Waals surface area contributed by atoms with Crippen molar-refractivity contribution in [3.8, 4) is 0 Å². The van der Waals surface area contributed by atoms with Crippen molar-refractivity contribution in [3.63, 3.8) is 0 Å². The lowest BCUT2D eigenvalue weighted by Crippen LogP contribution is -2.65. The third-order valence-corrected chi connectivity index (χ3v) is 9.51. The summed E-state index contributed by atoms with van der Waals surface area (Å²) in [6, 6.07) is 6.79. The molecule has 1 aromatic heterocycles. The van der Waals surface area contributed by atoms with E-state index >= 15 is 0 Å². The van der Waals surface area contributed by atoms with Gasteiger partial charge in [0.2, 0.25) is 5.91 Å². The van der Waals surface area contributed by atoms with Crippen LogP contribution in [-0.2, 0) is 25.3 Å². The van der Waals surface area contributed by atoms with Crippen molar-refractivity contribution in [2.24, 2.45) is 28.9 Å². The van der Waals surface area contributed by atoms with E-state index in [4.69, 9.17) is 19.8 Å². The molecule has 9 heteroatoms. The summed E-state index contributed by atoms with van der Waals surface area (Å²) in [5.74, 6) is 0.892. The number of para-hydroxylation sites is 1. The van der Waals surface area contributed by atoms with Crippen molar-refractivity contribution >= 4 is 30.0 Å². The summed E-state index contributed by atoms with van der Waals surface area (Å²) in [5, 5.41) is 4.05. The zero-order chi connectivity index (χ0) is 29.2. The van der Waals surface area contributed by atoms with Crippen LogP contribution in [0.1, 0.15) is 80.2 Å². The highest BCUT2D eigenvalue weighted by Crippen LogP contribution is 2.65. The van der Waals surface area contributed by atoms with Gasteiger partial charge in [0.25, 0.3) is 0 Å². The van der Waals surface area contributed by atoms with Crippen LogP contribution < -0.4 is 11.1 Å². The van der Waals surface area contributed by atoms with Crippen LogP contribution in [0.25, 0.3) is 10.9 Å². The fourth-order valence-electron chi connectivity index (χ4n) is 7.31. The van der Waals surface area contributed by atoms with Gasteiger partial charge in [0.05, 0.1) is 29.2 Å². The molecule has 0 spiro atoms. The standard InChI is InChI=1S/C31H46BN3O5/c1-18(2)13-26(32-39-25-16-20-15-24(30(20,6)7)31(25,8)40-32)34-27(36)22(33)14-19-17-35(28(37)38-29(3,4)5)23-12-10-9-11-21(19)23/h9-12,17-18,20,22,24-26H,13-16,33H2,1-8H3,(H,34,36)/t20-,22-,24-,25+,26-,31-/m0/s1. The lowest BCUT2D eigenvalue weighted by atomic mass is 9.43. The highest BCUT2D eigenvalue weighted by atomic mass is 16.7. The van der Waals surface area contributed by atoms with Crippen LogP contribution in [0, 0.1) is 23.2 Å². The Morgan fingerprint density at radius 1 is 1.20 bits per heavy atom. The number of amides is 1. The van der Waals surface area contributed by atoms with Crippen LogP contribution >= 0.6 is 0 Å². The van der Waals surface area contributed by atoms with E-state index in [2.05, 4.69) is 39.9 Å². The molecule has 0 radical (unpaired) electrons. The topological polar surface area (TPSA) is 105 Å². The first-order valence-corrected chi connectivity index (χ1v) is 14.8. The molecule has 1 aliphatic heterocycles. The van der Waals surface area contributed by atoms with E-state index in [1.54, 1.807) is 6.20 Å². The second-order valence-electron chi connectivity index (χ2n) is 14.4. The van der Waals surface area contributed by atoms with Crippen LogP contribution in [0.5, 0.6) is 0 Å². The van der Waals surface area contributed by atoms with Gasteiger partial charge in [-0.05, 0) is 88.2 Å². The molecule has 1 amide bonds. The van der Waals surface area contributed by atoms with E-state index in [0.717, 1.165) is 29.3 Å². The average molecular weight is 552 g/mol. The summed E-state index contributed by atoms with van der Waals surface area (Å²) >= 11 is 0. The monoisotopic (exact) mass is 551 g/mol. The predicted octanol–water partition coefficient (Wildman–Crippen LogP) is 5.09. The number of rotatable bonds is 7. The molecule has 2 bridgehead atoms. The van der Waals surface area contributed by atoms with Gasteiger partial charge in [0.1, 0.15) is 5.60 Å². The maximum atomic E-state index is 13.5. The molecular weight excluding hydrogens is 505 g/mol. The van der Waals surface area contributed by atoms with Crippen molar-refractivity contribution < 1.29 is 23.6 Å². The van der Waals surface area contributed by atoms with Gasteiger partial charge in [-0.2, -0.15) is 0 Å². The highest BCUT2D eigenvalue weighted by molar-refractivity contribution is 6.47. The summed E-state index contributed by atoms with van der Waals surface area (Å²) in [5.41, 5.74) is 7.32. The first-order valence-electron chi connectivity index (χ1n) is 14.8. The third-order valence-electron chi connectivity index (χ3n) is 9.51. The molecular formula is C31H46BN3O5. The maximum absolute atomic E-state index is 13.5. The summed E-state index contributed by atoms with van der Waals surface area (Å²) < 4.78 is 20.3. The zero-order valence-electron chi connectivity index (χ0n) is 25.3. The number of nitrogens with zero attached hydrogens (tertiary/aromatic N) is 1. The smallest absolute Gasteiger partial charge is 0.443 e. The Labute approximate surface area is 238 Å². The van der Waals surface area contributed by atoms with Gasteiger partial charge in [0.15, 0.2) is 0 Å². The number of benzene rings is 1. The van der Waals surface area contributed by atoms with Gasteiger partial charge in [-0.3, -0.25) is 9.36 Å². The molecule has 1 saturated heterocycles. The summed E-state index contributed by atoms with van der Waals surface area (Å²) in [4.78, 5) is 26.4. The number of fused-ring (bicyclic) bond motifs is 1. The van der Waals surface area contributed by atoms with Crippen molar-refractivity contribution in [2.75, 3.05) is 0 Å². The van der Waals surface area contributed by atoms with Gasteiger partial charge in [-0.15, -0.1) is 0 Å². The number of carbonyl (C=O) groups is 2. The summed E-state index contributed by atoms with van der Waals surface area (Å²) in [6.45, 7) is 16.7. The van der Waals surface area contributed by atoms with Crippen LogP contribution in [0.4, 0.5) is 4.79 Å². The maximum Gasteiger partial charge on any atom is 0.481 e. The molecule has 3 N–H and O–H groups in total. The molecule has 3 saturated carbocycles. The minimum atomic E-state index is -0.807. The molecule has 2 heterocycles. The fraction of sp³-hybridized carbons (Fsp3) is 0.677. The van der Waals surface area contributed by atoms with Crippen LogP contribution in [0.15, 0.2) is 30.5 Å². The molecule has 40 heavy (non-hydrogen) atoms. The summed E-state index contributed by atoms with van der Waals surface area (Å²) in [7, 11) is -0.502. The molecule has 6 rings (SSSR count). The molecule has 2 aromatic rings. The first-order chi connectivity index (χ1) is 18.6. The molecule has 4 aliphatic rings. The number of hydrogen-bond donors (Lipinski definition) is 2. The number of nitrogens with two attached hydrogens (primary N) is 1. The van der Waals surface area contributed by atoms with Gasteiger partial charge in [0, 0.05) is 11.6 Å².